The van der Waals surface area contributed by atoms with Crippen molar-refractivity contribution in [3.63, 3.8) is 0 Å². The first-order chi connectivity index (χ1) is 15.7. The molecule has 5 heteroatoms. The summed E-state index contributed by atoms with van der Waals surface area (Å²) in [6.45, 7) is 0.545. The molecule has 2 aromatic carbocycles. The summed E-state index contributed by atoms with van der Waals surface area (Å²) in [6.07, 6.45) is 7.35. The van der Waals surface area contributed by atoms with E-state index in [4.69, 9.17) is 10.2 Å². The highest BCUT2D eigenvalue weighted by Gasteiger charge is 2.30. The van der Waals surface area contributed by atoms with Crippen LogP contribution in [0.3, 0.4) is 0 Å². The van der Waals surface area contributed by atoms with Crippen LogP contribution in [0.5, 0.6) is 0 Å². The first kappa shape index (κ1) is 20.5. The van der Waals surface area contributed by atoms with Gasteiger partial charge in [-0.1, -0.05) is 48.5 Å². The van der Waals surface area contributed by atoms with E-state index in [1.54, 1.807) is 6.20 Å². The van der Waals surface area contributed by atoms with Gasteiger partial charge in [-0.3, -0.25) is 9.78 Å². The molecular formula is C27H27N3O2. The molecule has 0 atom stereocenters. The van der Waals surface area contributed by atoms with Gasteiger partial charge in [-0.15, -0.1) is 0 Å². The third-order valence-electron chi connectivity index (χ3n) is 6.38. The van der Waals surface area contributed by atoms with Crippen LogP contribution < -0.4 is 5.73 Å². The Morgan fingerprint density at radius 3 is 2.47 bits per heavy atom. The lowest BCUT2D eigenvalue weighted by Gasteiger charge is -2.35. The predicted octanol–water partition coefficient (Wildman–Crippen LogP) is 5.41. The van der Waals surface area contributed by atoms with Gasteiger partial charge in [0.2, 0.25) is 0 Å². The molecule has 32 heavy (non-hydrogen) atoms. The van der Waals surface area contributed by atoms with Crippen molar-refractivity contribution in [1.82, 2.24) is 9.88 Å². The number of rotatable bonds is 5. The Morgan fingerprint density at radius 2 is 1.75 bits per heavy atom. The van der Waals surface area contributed by atoms with Gasteiger partial charge in [0.15, 0.2) is 5.76 Å². The minimum absolute atomic E-state index is 0.0574. The Morgan fingerprint density at radius 1 is 0.969 bits per heavy atom. The average molecular weight is 426 g/mol. The first-order valence-electron chi connectivity index (χ1n) is 11.2. The average Bonchev–Trinajstić information content (AvgIpc) is 3.28. The maximum Gasteiger partial charge on any atom is 0.290 e. The van der Waals surface area contributed by atoms with Crippen molar-refractivity contribution < 1.29 is 9.21 Å². The van der Waals surface area contributed by atoms with Crippen LogP contribution in [0.1, 0.15) is 41.8 Å². The number of carbonyl (C=O) groups is 1. The molecule has 162 valence electrons. The van der Waals surface area contributed by atoms with Gasteiger partial charge in [0.1, 0.15) is 5.58 Å². The summed E-state index contributed by atoms with van der Waals surface area (Å²) in [7, 11) is 0. The summed E-state index contributed by atoms with van der Waals surface area (Å²) >= 11 is 0. The van der Waals surface area contributed by atoms with Gasteiger partial charge in [-0.05, 0) is 60.6 Å². The van der Waals surface area contributed by atoms with E-state index < -0.39 is 0 Å². The van der Waals surface area contributed by atoms with E-state index in [0.29, 0.717) is 12.3 Å². The Bertz CT molecular complexity index is 1160. The molecule has 0 radical (unpaired) electrons. The lowest BCUT2D eigenvalue weighted by Crippen LogP contribution is -2.43. The number of benzene rings is 2. The quantitative estimate of drug-likeness (QED) is 0.464. The molecule has 0 aliphatic heterocycles. The zero-order chi connectivity index (χ0) is 21.9. The highest BCUT2D eigenvalue weighted by Crippen LogP contribution is 2.28. The summed E-state index contributed by atoms with van der Waals surface area (Å²) in [5, 5.41) is 0.947. The first-order valence-corrected chi connectivity index (χ1v) is 11.2. The molecule has 1 saturated carbocycles. The number of pyridine rings is 1. The number of nitrogens with two attached hydrogens (primary N) is 1. The fourth-order valence-electron chi connectivity index (χ4n) is 4.54. The fourth-order valence-corrected chi connectivity index (χ4v) is 4.54. The number of hydrogen-bond donors (Lipinski definition) is 1. The fraction of sp³-hybridized carbons (Fsp3) is 0.259. The van der Waals surface area contributed by atoms with E-state index >= 15 is 0 Å². The lowest BCUT2D eigenvalue weighted by molar-refractivity contribution is 0.0576. The second-order valence-corrected chi connectivity index (χ2v) is 8.59. The van der Waals surface area contributed by atoms with Gasteiger partial charge in [-0.25, -0.2) is 0 Å². The van der Waals surface area contributed by atoms with Gasteiger partial charge in [0, 0.05) is 36.4 Å². The van der Waals surface area contributed by atoms with Crippen molar-refractivity contribution in [2.75, 3.05) is 0 Å². The number of aromatic nitrogens is 1. The summed E-state index contributed by atoms with van der Waals surface area (Å²) < 4.78 is 5.91. The number of nitrogens with zero attached hydrogens (tertiary/aromatic N) is 2. The van der Waals surface area contributed by atoms with E-state index in [0.717, 1.165) is 53.3 Å². The highest BCUT2D eigenvalue weighted by atomic mass is 16.3. The zero-order valence-corrected chi connectivity index (χ0v) is 18.0. The number of hydrogen-bond acceptors (Lipinski definition) is 4. The zero-order valence-electron chi connectivity index (χ0n) is 18.0. The van der Waals surface area contributed by atoms with Gasteiger partial charge < -0.3 is 15.1 Å². The molecule has 0 saturated heterocycles. The summed E-state index contributed by atoms with van der Waals surface area (Å²) in [5.41, 5.74) is 10.2. The van der Waals surface area contributed by atoms with Gasteiger partial charge in [0.25, 0.3) is 5.91 Å². The van der Waals surface area contributed by atoms with Gasteiger partial charge >= 0.3 is 0 Å². The van der Waals surface area contributed by atoms with Crippen molar-refractivity contribution in [3.05, 3.63) is 90.4 Å². The van der Waals surface area contributed by atoms with Crippen LogP contribution in [0.15, 0.2) is 83.5 Å². The molecule has 0 bridgehead atoms. The standard InChI is InChI=1S/C27H27N3O2/c28-23-11-13-24(14-12-23)30(27(31)26-16-21-4-1-2-6-25(21)32-26)18-19-7-9-20(10-8-19)22-5-3-15-29-17-22/h1-10,15-17,23-24H,11-14,18,28H2. The number of fused-ring (bicyclic) bond motifs is 1. The van der Waals surface area contributed by atoms with Crippen LogP contribution in [0, 0.1) is 0 Å². The molecular weight excluding hydrogens is 398 g/mol. The highest BCUT2D eigenvalue weighted by molar-refractivity contribution is 5.96. The van der Waals surface area contributed by atoms with Crippen molar-refractivity contribution in [1.29, 1.82) is 0 Å². The van der Waals surface area contributed by atoms with E-state index in [9.17, 15) is 4.79 Å². The molecule has 5 nitrogen and oxygen atoms in total. The third kappa shape index (κ3) is 4.30. The molecule has 0 unspecified atom stereocenters. The Kier molecular flexibility index (Phi) is 5.73. The summed E-state index contributed by atoms with van der Waals surface area (Å²) in [5.74, 6) is 0.339. The van der Waals surface area contributed by atoms with Crippen molar-refractivity contribution in [2.24, 2.45) is 5.73 Å². The number of para-hydroxylation sites is 1. The molecule has 2 aromatic heterocycles. The van der Waals surface area contributed by atoms with Crippen molar-refractivity contribution in [2.45, 2.75) is 44.3 Å². The third-order valence-corrected chi connectivity index (χ3v) is 6.38. The van der Waals surface area contributed by atoms with Crippen LogP contribution in [-0.2, 0) is 6.54 Å². The Labute approximate surface area is 187 Å². The van der Waals surface area contributed by atoms with Gasteiger partial charge in [-0.2, -0.15) is 0 Å². The smallest absolute Gasteiger partial charge is 0.290 e. The van der Waals surface area contributed by atoms with E-state index in [1.165, 1.54) is 0 Å². The van der Waals surface area contributed by atoms with Crippen LogP contribution >= 0.6 is 0 Å². The van der Waals surface area contributed by atoms with Crippen LogP contribution in [0.25, 0.3) is 22.1 Å². The van der Waals surface area contributed by atoms with E-state index in [2.05, 4.69) is 29.2 Å². The van der Waals surface area contributed by atoms with Gasteiger partial charge in [0.05, 0.1) is 0 Å². The molecule has 1 aliphatic rings. The predicted molar refractivity (Wildman–Crippen MR) is 126 cm³/mol. The Balaban J connectivity index is 1.41. The number of amides is 1. The largest absolute Gasteiger partial charge is 0.451 e. The molecule has 4 aromatic rings. The molecule has 1 fully saturated rings. The monoisotopic (exact) mass is 425 g/mol. The topological polar surface area (TPSA) is 72.4 Å². The normalized spacial score (nSPS) is 18.5. The Hall–Kier alpha value is -3.44. The van der Waals surface area contributed by atoms with Crippen LogP contribution in [0.2, 0.25) is 0 Å². The van der Waals surface area contributed by atoms with Crippen molar-refractivity contribution in [3.8, 4) is 11.1 Å². The molecule has 0 spiro atoms. The second kappa shape index (κ2) is 8.97. The minimum atomic E-state index is -0.0574. The van der Waals surface area contributed by atoms with Crippen LogP contribution in [-0.4, -0.2) is 27.9 Å². The molecule has 1 aliphatic carbocycles. The molecule has 2 N–H and O–H groups in total. The van der Waals surface area contributed by atoms with Crippen molar-refractivity contribution >= 4 is 16.9 Å². The molecule has 1 amide bonds. The SMILES string of the molecule is NC1CCC(N(Cc2ccc(-c3cccnc3)cc2)C(=O)c2cc3ccccc3o2)CC1. The van der Waals surface area contributed by atoms with E-state index in [-0.39, 0.29) is 18.0 Å². The maximum atomic E-state index is 13.6. The lowest BCUT2D eigenvalue weighted by atomic mass is 9.90. The number of furan rings is 1. The summed E-state index contributed by atoms with van der Waals surface area (Å²) in [4.78, 5) is 19.8. The number of carbonyl (C=O) groups excluding carboxylic acids is 1. The maximum absolute atomic E-state index is 13.6. The van der Waals surface area contributed by atoms with Crippen LogP contribution in [0.4, 0.5) is 0 Å². The molecule has 2 heterocycles. The molecule has 5 rings (SSSR count). The van der Waals surface area contributed by atoms with E-state index in [1.807, 2.05) is 53.6 Å². The minimum Gasteiger partial charge on any atom is -0.451 e. The second-order valence-electron chi connectivity index (χ2n) is 8.59. The summed E-state index contributed by atoms with van der Waals surface area (Å²) in [6, 6.07) is 22.3.